The highest BCUT2D eigenvalue weighted by molar-refractivity contribution is 5.76. The Kier molecular flexibility index (Phi) is 3.64. The van der Waals surface area contributed by atoms with Crippen molar-refractivity contribution in [3.05, 3.63) is 27.8 Å². The van der Waals surface area contributed by atoms with Gasteiger partial charge in [-0.25, -0.2) is 9.38 Å². The Balaban J connectivity index is 0.000000686. The molecule has 0 fully saturated rings. The number of aliphatic hydroxyl groups excluding tert-OH is 1. The van der Waals surface area contributed by atoms with E-state index in [1.54, 1.807) is 18.5 Å². The predicted molar refractivity (Wildman–Crippen MR) is 63.1 cm³/mol. The normalized spacial score (nSPS) is 9.88. The summed E-state index contributed by atoms with van der Waals surface area (Å²) in [6.07, 6.45) is 1.97. The average molecular weight is 238 g/mol. The molecule has 2 heterocycles. The van der Waals surface area contributed by atoms with Crippen molar-refractivity contribution in [3.63, 3.8) is 0 Å². The molecule has 2 rings (SSSR count). The second kappa shape index (κ2) is 4.79. The highest BCUT2D eigenvalue weighted by atomic mass is 16.2. The lowest BCUT2D eigenvalue weighted by Gasteiger charge is -2.00. The van der Waals surface area contributed by atoms with E-state index in [0.717, 1.165) is 7.11 Å². The molecule has 0 amide bonds. The number of imidazole rings is 1. The molecule has 0 bridgehead atoms. The van der Waals surface area contributed by atoms with Gasteiger partial charge in [0.15, 0.2) is 6.29 Å². The highest BCUT2D eigenvalue weighted by Gasteiger charge is 2.12. The van der Waals surface area contributed by atoms with Crippen molar-refractivity contribution in [2.24, 2.45) is 7.05 Å². The first-order chi connectivity index (χ1) is 8.06. The Bertz CT molecular complexity index is 612. The van der Waals surface area contributed by atoms with Gasteiger partial charge in [0, 0.05) is 14.2 Å². The van der Waals surface area contributed by atoms with Crippen LogP contribution >= 0.6 is 0 Å². The van der Waals surface area contributed by atoms with Gasteiger partial charge in [0.2, 0.25) is 5.78 Å². The van der Waals surface area contributed by atoms with Gasteiger partial charge >= 0.3 is 0 Å². The van der Waals surface area contributed by atoms with Crippen LogP contribution < -0.4 is 11.3 Å². The second-order valence-corrected chi connectivity index (χ2v) is 3.32. The molecule has 2 aromatic rings. The average Bonchev–Trinajstić information content (AvgIpc) is 2.60. The summed E-state index contributed by atoms with van der Waals surface area (Å²) in [4.78, 5) is 26.6. The van der Waals surface area contributed by atoms with Crippen molar-refractivity contribution in [1.82, 2.24) is 14.0 Å². The lowest BCUT2D eigenvalue weighted by Crippen LogP contribution is -2.20. The van der Waals surface area contributed by atoms with Crippen LogP contribution in [-0.2, 0) is 7.05 Å². The number of rotatable bonds is 1. The Morgan fingerprint density at radius 3 is 2.59 bits per heavy atom. The molecule has 0 aromatic carbocycles. The SMILES string of the molecule is CO.Cc1nc2n(C)c(N)cn2c(=O)c1C=O. The van der Waals surface area contributed by atoms with Crippen LogP contribution in [0.1, 0.15) is 16.1 Å². The van der Waals surface area contributed by atoms with Gasteiger partial charge in [0.1, 0.15) is 11.4 Å². The summed E-state index contributed by atoms with van der Waals surface area (Å²) in [5.41, 5.74) is 5.73. The maximum absolute atomic E-state index is 11.8. The van der Waals surface area contributed by atoms with Crippen molar-refractivity contribution in [3.8, 4) is 0 Å². The molecule has 0 radical (unpaired) electrons. The van der Waals surface area contributed by atoms with Gasteiger partial charge in [-0.05, 0) is 6.92 Å². The molecule has 0 aliphatic rings. The van der Waals surface area contributed by atoms with Crippen molar-refractivity contribution in [2.45, 2.75) is 6.92 Å². The lowest BCUT2D eigenvalue weighted by molar-refractivity contribution is 0.112. The van der Waals surface area contributed by atoms with Crippen LogP contribution in [0.4, 0.5) is 5.82 Å². The fourth-order valence-electron chi connectivity index (χ4n) is 1.46. The number of carbonyl (C=O) groups is 1. The lowest BCUT2D eigenvalue weighted by atomic mass is 10.3. The maximum Gasteiger partial charge on any atom is 0.269 e. The predicted octanol–water partition coefficient (Wildman–Crippen LogP) is -0.655. The zero-order valence-electron chi connectivity index (χ0n) is 9.84. The van der Waals surface area contributed by atoms with Gasteiger partial charge in [-0.2, -0.15) is 0 Å². The van der Waals surface area contributed by atoms with E-state index in [0.29, 0.717) is 23.6 Å². The van der Waals surface area contributed by atoms with Gasteiger partial charge < -0.3 is 10.8 Å². The molecule has 0 saturated carbocycles. The van der Waals surface area contributed by atoms with E-state index in [2.05, 4.69) is 4.98 Å². The van der Waals surface area contributed by atoms with Crippen molar-refractivity contribution in [2.75, 3.05) is 12.8 Å². The highest BCUT2D eigenvalue weighted by Crippen LogP contribution is 2.08. The fraction of sp³-hybridized carbons (Fsp3) is 0.300. The molecule has 17 heavy (non-hydrogen) atoms. The second-order valence-electron chi connectivity index (χ2n) is 3.32. The number of aliphatic hydroxyl groups is 1. The Labute approximate surface area is 97.1 Å². The van der Waals surface area contributed by atoms with Crippen LogP contribution in [0, 0.1) is 6.92 Å². The molecule has 7 nitrogen and oxygen atoms in total. The fourth-order valence-corrected chi connectivity index (χ4v) is 1.46. The van der Waals surface area contributed by atoms with Crippen LogP contribution in [0.5, 0.6) is 0 Å². The summed E-state index contributed by atoms with van der Waals surface area (Å²) in [6.45, 7) is 1.62. The number of nitrogens with two attached hydrogens (primary N) is 1. The summed E-state index contributed by atoms with van der Waals surface area (Å²) in [7, 11) is 2.71. The minimum absolute atomic E-state index is 0.0677. The minimum Gasteiger partial charge on any atom is -0.400 e. The number of fused-ring (bicyclic) bond motifs is 1. The largest absolute Gasteiger partial charge is 0.400 e. The van der Waals surface area contributed by atoms with Crippen LogP contribution in [0.2, 0.25) is 0 Å². The van der Waals surface area contributed by atoms with Gasteiger partial charge in [0.25, 0.3) is 5.56 Å². The van der Waals surface area contributed by atoms with E-state index >= 15 is 0 Å². The molecule has 0 aliphatic heterocycles. The molecule has 0 unspecified atom stereocenters. The quantitative estimate of drug-likeness (QED) is 0.642. The monoisotopic (exact) mass is 238 g/mol. The van der Waals surface area contributed by atoms with Gasteiger partial charge in [-0.1, -0.05) is 0 Å². The van der Waals surface area contributed by atoms with E-state index in [4.69, 9.17) is 10.8 Å². The topological polar surface area (TPSA) is 103 Å². The van der Waals surface area contributed by atoms with Crippen molar-refractivity contribution >= 4 is 17.9 Å². The number of aldehydes is 1. The molecule has 92 valence electrons. The minimum atomic E-state index is -0.389. The summed E-state index contributed by atoms with van der Waals surface area (Å²) in [5.74, 6) is 0.850. The van der Waals surface area contributed by atoms with Gasteiger partial charge in [0.05, 0.1) is 11.9 Å². The third-order valence-corrected chi connectivity index (χ3v) is 2.39. The smallest absolute Gasteiger partial charge is 0.269 e. The van der Waals surface area contributed by atoms with Crippen LogP contribution in [-0.4, -0.2) is 32.5 Å². The van der Waals surface area contributed by atoms with Crippen LogP contribution in [0.25, 0.3) is 5.78 Å². The molecule has 0 aliphatic carbocycles. The molecule has 0 atom stereocenters. The zero-order valence-corrected chi connectivity index (χ0v) is 9.84. The standard InChI is InChI=1S/C9H10N4O2.CH4O/c1-5-6(4-14)8(15)13-3-7(10)12(2)9(13)11-5;1-2/h3-4H,10H2,1-2H3;2H,1H3. The molecule has 7 heteroatoms. The number of nitrogens with zero attached hydrogens (tertiary/aromatic N) is 3. The molecule has 2 aromatic heterocycles. The van der Waals surface area contributed by atoms with E-state index < -0.39 is 0 Å². The van der Waals surface area contributed by atoms with Crippen LogP contribution in [0.3, 0.4) is 0 Å². The van der Waals surface area contributed by atoms with Crippen LogP contribution in [0.15, 0.2) is 11.0 Å². The Morgan fingerprint density at radius 2 is 2.06 bits per heavy atom. The van der Waals surface area contributed by atoms with E-state index in [1.165, 1.54) is 10.6 Å². The molecule has 3 N–H and O–H groups in total. The summed E-state index contributed by atoms with van der Waals surface area (Å²) < 4.78 is 2.86. The summed E-state index contributed by atoms with van der Waals surface area (Å²) in [5, 5.41) is 7.00. The number of anilines is 1. The first-order valence-corrected chi connectivity index (χ1v) is 4.80. The zero-order chi connectivity index (χ0) is 13.2. The van der Waals surface area contributed by atoms with Crippen molar-refractivity contribution < 1.29 is 9.90 Å². The van der Waals surface area contributed by atoms with Crippen molar-refractivity contribution in [1.29, 1.82) is 0 Å². The Hall–Kier alpha value is -2.15. The maximum atomic E-state index is 11.8. The third-order valence-electron chi connectivity index (χ3n) is 2.39. The number of carbonyl (C=O) groups excluding carboxylic acids is 1. The number of hydrogen-bond acceptors (Lipinski definition) is 5. The van der Waals surface area contributed by atoms with E-state index in [1.807, 2.05) is 0 Å². The summed E-state index contributed by atoms with van der Waals surface area (Å²) in [6, 6.07) is 0. The first kappa shape index (κ1) is 12.9. The number of aromatic nitrogens is 3. The molecular formula is C10H14N4O3. The first-order valence-electron chi connectivity index (χ1n) is 4.80. The number of hydrogen-bond donors (Lipinski definition) is 2. The number of aryl methyl sites for hydroxylation is 2. The van der Waals surface area contributed by atoms with E-state index in [-0.39, 0.29) is 11.1 Å². The molecule has 0 spiro atoms. The third kappa shape index (κ3) is 1.92. The molecule has 0 saturated heterocycles. The van der Waals surface area contributed by atoms with Gasteiger partial charge in [-0.3, -0.25) is 14.2 Å². The Morgan fingerprint density at radius 1 is 1.47 bits per heavy atom. The summed E-state index contributed by atoms with van der Waals surface area (Å²) >= 11 is 0. The number of nitrogen functional groups attached to an aromatic ring is 1. The van der Waals surface area contributed by atoms with E-state index in [9.17, 15) is 9.59 Å². The van der Waals surface area contributed by atoms with Gasteiger partial charge in [-0.15, -0.1) is 0 Å². The molecular weight excluding hydrogens is 224 g/mol.